The van der Waals surface area contributed by atoms with Gasteiger partial charge in [0.15, 0.2) is 11.1 Å². The molecule has 0 aromatic heterocycles. The molecule has 0 atom stereocenters. The van der Waals surface area contributed by atoms with Gasteiger partial charge in [0, 0.05) is 19.2 Å². The monoisotopic (exact) mass is 299 g/mol. The first-order valence-electron chi connectivity index (χ1n) is 6.81. The number of benzene rings is 2. The van der Waals surface area contributed by atoms with Crippen molar-refractivity contribution in [1.82, 2.24) is 4.90 Å². The van der Waals surface area contributed by atoms with Crippen molar-refractivity contribution in [1.29, 1.82) is 5.41 Å². The van der Waals surface area contributed by atoms with Crippen molar-refractivity contribution in [2.75, 3.05) is 13.6 Å². The molecule has 2 aromatic rings. The molecular formula is C17H18ClN3. The number of aliphatic imine (C=N–C) groups is 1. The fourth-order valence-corrected chi connectivity index (χ4v) is 2.05. The second-order valence-corrected chi connectivity index (χ2v) is 5.03. The lowest BCUT2D eigenvalue weighted by Crippen LogP contribution is -2.22. The molecule has 3 nitrogen and oxygen atoms in total. The number of nitrogens with one attached hydrogen (secondary N) is 1. The van der Waals surface area contributed by atoms with Crippen LogP contribution in [0.4, 0.5) is 0 Å². The van der Waals surface area contributed by atoms with Gasteiger partial charge in [0.25, 0.3) is 0 Å². The fourth-order valence-electron chi connectivity index (χ4n) is 1.85. The summed E-state index contributed by atoms with van der Waals surface area (Å²) < 4.78 is 0. The first kappa shape index (κ1) is 15.3. The number of hydrogen-bond acceptors (Lipinski definition) is 1. The van der Waals surface area contributed by atoms with E-state index in [0.717, 1.165) is 23.2 Å². The van der Waals surface area contributed by atoms with E-state index in [-0.39, 0.29) is 5.84 Å². The van der Waals surface area contributed by atoms with Gasteiger partial charge in [-0.15, -0.1) is 0 Å². The Hall–Kier alpha value is -2.13. The fraction of sp³-hybridized carbons (Fsp3) is 0.176. The summed E-state index contributed by atoms with van der Waals surface area (Å²) in [6.07, 6.45) is 0. The SMILES string of the molecule is CCN(C)C(Cl)=NC(=N)c1cccc(-c2ccccc2)c1. The highest BCUT2D eigenvalue weighted by atomic mass is 35.5. The highest BCUT2D eigenvalue weighted by Gasteiger charge is 2.06. The summed E-state index contributed by atoms with van der Waals surface area (Å²) in [6, 6.07) is 17.9. The van der Waals surface area contributed by atoms with E-state index >= 15 is 0 Å². The predicted octanol–water partition coefficient (Wildman–Crippen LogP) is 4.23. The van der Waals surface area contributed by atoms with Gasteiger partial charge in [-0.2, -0.15) is 0 Å². The number of halogens is 1. The topological polar surface area (TPSA) is 39.5 Å². The van der Waals surface area contributed by atoms with E-state index in [1.165, 1.54) is 0 Å². The second-order valence-electron chi connectivity index (χ2n) is 4.69. The van der Waals surface area contributed by atoms with Crippen LogP contribution < -0.4 is 0 Å². The number of rotatable bonds is 3. The third kappa shape index (κ3) is 3.92. The van der Waals surface area contributed by atoms with Crippen molar-refractivity contribution < 1.29 is 0 Å². The molecule has 0 bridgehead atoms. The van der Waals surface area contributed by atoms with Gasteiger partial charge in [-0.05, 0) is 35.7 Å². The van der Waals surface area contributed by atoms with Crippen LogP contribution >= 0.6 is 11.6 Å². The predicted molar refractivity (Wildman–Crippen MR) is 90.3 cm³/mol. The molecule has 2 aromatic carbocycles. The summed E-state index contributed by atoms with van der Waals surface area (Å²) in [5, 5.41) is 8.42. The van der Waals surface area contributed by atoms with Crippen molar-refractivity contribution in [3.05, 3.63) is 60.2 Å². The Morgan fingerprint density at radius 3 is 2.43 bits per heavy atom. The lowest BCUT2D eigenvalue weighted by Gasteiger charge is -2.13. The molecule has 0 saturated carbocycles. The van der Waals surface area contributed by atoms with Gasteiger partial charge in [0.05, 0.1) is 0 Å². The van der Waals surface area contributed by atoms with E-state index < -0.39 is 0 Å². The van der Waals surface area contributed by atoms with E-state index in [0.29, 0.717) is 5.29 Å². The molecule has 0 aliphatic carbocycles. The van der Waals surface area contributed by atoms with Crippen LogP contribution in [-0.2, 0) is 0 Å². The van der Waals surface area contributed by atoms with Gasteiger partial charge in [-0.25, -0.2) is 4.99 Å². The molecule has 1 N–H and O–H groups in total. The summed E-state index contributed by atoms with van der Waals surface area (Å²) in [5.41, 5.74) is 2.93. The Bertz CT molecular complexity index is 650. The number of amidine groups is 2. The average molecular weight is 300 g/mol. The zero-order valence-electron chi connectivity index (χ0n) is 12.2. The van der Waals surface area contributed by atoms with Crippen LogP contribution in [0.3, 0.4) is 0 Å². The number of nitrogens with zero attached hydrogens (tertiary/aromatic N) is 2. The van der Waals surface area contributed by atoms with Gasteiger partial charge in [0.2, 0.25) is 0 Å². The van der Waals surface area contributed by atoms with E-state index in [1.54, 1.807) is 4.90 Å². The van der Waals surface area contributed by atoms with Crippen LogP contribution in [0.15, 0.2) is 59.6 Å². The van der Waals surface area contributed by atoms with E-state index in [2.05, 4.69) is 4.99 Å². The molecular weight excluding hydrogens is 282 g/mol. The lowest BCUT2D eigenvalue weighted by molar-refractivity contribution is 0.546. The minimum Gasteiger partial charge on any atom is -0.350 e. The van der Waals surface area contributed by atoms with Crippen molar-refractivity contribution in [3.8, 4) is 11.1 Å². The van der Waals surface area contributed by atoms with E-state index in [1.807, 2.05) is 68.6 Å². The molecule has 0 amide bonds. The van der Waals surface area contributed by atoms with Crippen molar-refractivity contribution in [2.24, 2.45) is 4.99 Å². The highest BCUT2D eigenvalue weighted by molar-refractivity contribution is 6.65. The van der Waals surface area contributed by atoms with E-state index in [4.69, 9.17) is 17.0 Å². The maximum atomic E-state index is 8.09. The molecule has 0 aliphatic rings. The minimum absolute atomic E-state index is 0.165. The number of hydrogen-bond donors (Lipinski definition) is 1. The smallest absolute Gasteiger partial charge is 0.200 e. The van der Waals surface area contributed by atoms with Crippen LogP contribution in [-0.4, -0.2) is 29.6 Å². The maximum Gasteiger partial charge on any atom is 0.200 e. The molecule has 2 rings (SSSR count). The van der Waals surface area contributed by atoms with Crippen LogP contribution in [0.25, 0.3) is 11.1 Å². The molecule has 4 heteroatoms. The molecule has 108 valence electrons. The Morgan fingerprint density at radius 1 is 1.10 bits per heavy atom. The molecule has 0 saturated heterocycles. The Morgan fingerprint density at radius 2 is 1.76 bits per heavy atom. The van der Waals surface area contributed by atoms with Crippen LogP contribution in [0.5, 0.6) is 0 Å². The maximum absolute atomic E-state index is 8.09. The van der Waals surface area contributed by atoms with Gasteiger partial charge < -0.3 is 4.90 Å². The summed E-state index contributed by atoms with van der Waals surface area (Å²) >= 11 is 6.07. The van der Waals surface area contributed by atoms with Gasteiger partial charge >= 0.3 is 0 Å². The molecule has 0 fully saturated rings. The van der Waals surface area contributed by atoms with E-state index in [9.17, 15) is 0 Å². The van der Waals surface area contributed by atoms with Gasteiger partial charge in [0.1, 0.15) is 0 Å². The van der Waals surface area contributed by atoms with Crippen molar-refractivity contribution in [3.63, 3.8) is 0 Å². The van der Waals surface area contributed by atoms with Gasteiger partial charge in [-0.3, -0.25) is 5.41 Å². The van der Waals surface area contributed by atoms with Crippen molar-refractivity contribution in [2.45, 2.75) is 6.92 Å². The zero-order chi connectivity index (χ0) is 15.2. The Labute approximate surface area is 130 Å². The highest BCUT2D eigenvalue weighted by Crippen LogP contribution is 2.20. The van der Waals surface area contributed by atoms with Crippen LogP contribution in [0, 0.1) is 5.41 Å². The van der Waals surface area contributed by atoms with Gasteiger partial charge in [-0.1, -0.05) is 48.5 Å². The lowest BCUT2D eigenvalue weighted by atomic mass is 10.0. The Balaban J connectivity index is 2.28. The molecule has 0 aliphatic heterocycles. The molecule has 0 heterocycles. The normalized spacial score (nSPS) is 11.3. The van der Waals surface area contributed by atoms with Crippen LogP contribution in [0.1, 0.15) is 12.5 Å². The van der Waals surface area contributed by atoms with Crippen LogP contribution in [0.2, 0.25) is 0 Å². The minimum atomic E-state index is 0.165. The second kappa shape index (κ2) is 7.04. The third-order valence-corrected chi connectivity index (χ3v) is 3.61. The largest absolute Gasteiger partial charge is 0.350 e. The summed E-state index contributed by atoms with van der Waals surface area (Å²) in [6.45, 7) is 2.73. The Kier molecular flexibility index (Phi) is 5.12. The molecule has 0 spiro atoms. The molecule has 0 radical (unpaired) electrons. The third-order valence-electron chi connectivity index (χ3n) is 3.24. The molecule has 21 heavy (non-hydrogen) atoms. The summed E-state index contributed by atoms with van der Waals surface area (Å²) in [4.78, 5) is 5.93. The first-order chi connectivity index (χ1) is 10.1. The zero-order valence-corrected chi connectivity index (χ0v) is 12.9. The molecule has 0 unspecified atom stereocenters. The standard InChI is InChI=1S/C17H18ClN3/c1-3-21(2)17(18)20-16(19)15-11-7-10-14(12-15)13-8-5-4-6-9-13/h4-12,19H,3H2,1-2H3. The average Bonchev–Trinajstić information content (AvgIpc) is 2.54. The summed E-state index contributed by atoms with van der Waals surface area (Å²) in [5.74, 6) is 0.165. The quantitative estimate of drug-likeness (QED) is 0.514. The first-order valence-corrected chi connectivity index (χ1v) is 7.19. The summed E-state index contributed by atoms with van der Waals surface area (Å²) in [7, 11) is 1.85. The van der Waals surface area contributed by atoms with Crippen molar-refractivity contribution >= 4 is 22.7 Å².